The molecule has 0 radical (unpaired) electrons. The second kappa shape index (κ2) is 6.04. The number of nitrogens with one attached hydrogen (secondary N) is 1. The van der Waals surface area contributed by atoms with E-state index in [9.17, 15) is 4.39 Å². The summed E-state index contributed by atoms with van der Waals surface area (Å²) in [5.74, 6) is -0.219. The summed E-state index contributed by atoms with van der Waals surface area (Å²) in [6.07, 6.45) is 0. The largest absolute Gasteiger partial charge is 0.309 e. The highest BCUT2D eigenvalue weighted by molar-refractivity contribution is 9.10. The molecule has 2 aromatic carbocycles. The molecule has 1 unspecified atom stereocenters. The number of aryl methyl sites for hydroxylation is 1. The van der Waals surface area contributed by atoms with E-state index in [0.717, 1.165) is 15.6 Å². The summed E-state index contributed by atoms with van der Waals surface area (Å²) in [4.78, 5) is 0. The van der Waals surface area contributed by atoms with Crippen LogP contribution < -0.4 is 5.32 Å². The minimum absolute atomic E-state index is 0.217. The lowest BCUT2D eigenvalue weighted by Crippen LogP contribution is -2.19. The summed E-state index contributed by atoms with van der Waals surface area (Å²) in [6.45, 7) is 1.95. The summed E-state index contributed by atoms with van der Waals surface area (Å²) in [5, 5.41) is 3.75. The molecule has 19 heavy (non-hydrogen) atoms. The summed E-state index contributed by atoms with van der Waals surface area (Å²) in [5.41, 5.74) is 2.58. The van der Waals surface area contributed by atoms with Crippen molar-refractivity contribution in [3.05, 3.63) is 68.4 Å². The molecule has 1 N–H and O–H groups in total. The van der Waals surface area contributed by atoms with E-state index in [-0.39, 0.29) is 11.9 Å². The molecule has 0 saturated heterocycles. The van der Waals surface area contributed by atoms with Crippen molar-refractivity contribution in [1.82, 2.24) is 5.32 Å². The summed E-state index contributed by atoms with van der Waals surface area (Å²) in [7, 11) is 1.81. The van der Waals surface area contributed by atoms with Crippen molar-refractivity contribution >= 4 is 27.5 Å². The highest BCUT2D eigenvalue weighted by Crippen LogP contribution is 2.30. The molecule has 0 fully saturated rings. The SMILES string of the molecule is CNC(c1ccc(Br)c(Cl)c1)c1cc(C)ccc1F. The van der Waals surface area contributed by atoms with E-state index in [2.05, 4.69) is 21.2 Å². The maximum atomic E-state index is 14.0. The van der Waals surface area contributed by atoms with Crippen LogP contribution >= 0.6 is 27.5 Å². The lowest BCUT2D eigenvalue weighted by Gasteiger charge is -2.19. The van der Waals surface area contributed by atoms with Gasteiger partial charge in [-0.3, -0.25) is 0 Å². The van der Waals surface area contributed by atoms with E-state index >= 15 is 0 Å². The van der Waals surface area contributed by atoms with Crippen LogP contribution in [0.1, 0.15) is 22.7 Å². The van der Waals surface area contributed by atoms with Crippen molar-refractivity contribution in [2.45, 2.75) is 13.0 Å². The third-order valence-electron chi connectivity index (χ3n) is 3.03. The fourth-order valence-corrected chi connectivity index (χ4v) is 2.51. The summed E-state index contributed by atoms with van der Waals surface area (Å²) in [6, 6.07) is 10.5. The minimum atomic E-state index is -0.219. The average molecular weight is 343 g/mol. The maximum absolute atomic E-state index is 14.0. The molecular weight excluding hydrogens is 329 g/mol. The van der Waals surface area contributed by atoms with E-state index in [4.69, 9.17) is 11.6 Å². The van der Waals surface area contributed by atoms with E-state index in [0.29, 0.717) is 10.6 Å². The van der Waals surface area contributed by atoms with E-state index < -0.39 is 0 Å². The topological polar surface area (TPSA) is 12.0 Å². The standard InChI is InChI=1S/C15H14BrClFN/c1-9-3-6-14(18)11(7-9)15(19-2)10-4-5-12(16)13(17)8-10/h3-8,15,19H,1-2H3. The third-order valence-corrected chi connectivity index (χ3v) is 4.26. The molecule has 1 nitrogen and oxygen atoms in total. The van der Waals surface area contributed by atoms with Crippen LogP contribution in [0.5, 0.6) is 0 Å². The van der Waals surface area contributed by atoms with Gasteiger partial charge in [-0.2, -0.15) is 0 Å². The predicted octanol–water partition coefficient (Wildman–Crippen LogP) is 4.86. The van der Waals surface area contributed by atoms with Gasteiger partial charge in [0.25, 0.3) is 0 Å². The Labute approximate surface area is 125 Å². The number of rotatable bonds is 3. The van der Waals surface area contributed by atoms with Crippen LogP contribution in [0, 0.1) is 12.7 Å². The van der Waals surface area contributed by atoms with Gasteiger partial charge in [0.1, 0.15) is 5.82 Å². The monoisotopic (exact) mass is 341 g/mol. The second-order valence-electron chi connectivity index (χ2n) is 4.42. The fraction of sp³-hybridized carbons (Fsp3) is 0.200. The van der Waals surface area contributed by atoms with Crippen LogP contribution in [0.4, 0.5) is 4.39 Å². The van der Waals surface area contributed by atoms with Gasteiger partial charge in [0, 0.05) is 10.0 Å². The minimum Gasteiger partial charge on any atom is -0.309 e. The molecule has 0 amide bonds. The summed E-state index contributed by atoms with van der Waals surface area (Å²) < 4.78 is 14.8. The van der Waals surface area contributed by atoms with Crippen LogP contribution in [0.25, 0.3) is 0 Å². The van der Waals surface area contributed by atoms with Crippen LogP contribution in [0.2, 0.25) is 5.02 Å². The fourth-order valence-electron chi connectivity index (χ4n) is 2.08. The van der Waals surface area contributed by atoms with Crippen molar-refractivity contribution in [2.75, 3.05) is 7.05 Å². The van der Waals surface area contributed by atoms with E-state index in [1.54, 1.807) is 6.07 Å². The van der Waals surface area contributed by atoms with Crippen LogP contribution in [-0.4, -0.2) is 7.05 Å². The van der Waals surface area contributed by atoms with Crippen LogP contribution in [0.15, 0.2) is 40.9 Å². The van der Waals surface area contributed by atoms with Crippen molar-refractivity contribution in [3.8, 4) is 0 Å². The zero-order chi connectivity index (χ0) is 14.0. The Balaban J connectivity index is 2.49. The van der Waals surface area contributed by atoms with Gasteiger partial charge in [-0.25, -0.2) is 4.39 Å². The molecule has 0 bridgehead atoms. The number of halogens is 3. The first-order valence-corrected chi connectivity index (χ1v) is 7.08. The zero-order valence-electron chi connectivity index (χ0n) is 10.7. The first-order chi connectivity index (χ1) is 9.02. The Morgan fingerprint density at radius 2 is 1.95 bits per heavy atom. The Hall–Kier alpha value is -0.900. The lowest BCUT2D eigenvalue weighted by atomic mass is 9.97. The first kappa shape index (κ1) is 14.5. The van der Waals surface area contributed by atoms with Crippen molar-refractivity contribution in [1.29, 1.82) is 0 Å². The molecular formula is C15H14BrClFN. The lowest BCUT2D eigenvalue weighted by molar-refractivity contribution is 0.575. The molecule has 0 spiro atoms. The Morgan fingerprint density at radius 1 is 1.21 bits per heavy atom. The molecule has 2 aromatic rings. The molecule has 0 aliphatic heterocycles. The smallest absolute Gasteiger partial charge is 0.128 e. The zero-order valence-corrected chi connectivity index (χ0v) is 13.0. The molecule has 0 aliphatic carbocycles. The van der Waals surface area contributed by atoms with Crippen molar-refractivity contribution in [2.24, 2.45) is 0 Å². The molecule has 1 atom stereocenters. The normalized spacial score (nSPS) is 12.5. The highest BCUT2D eigenvalue weighted by atomic mass is 79.9. The Morgan fingerprint density at radius 3 is 2.58 bits per heavy atom. The molecule has 2 rings (SSSR count). The quantitative estimate of drug-likeness (QED) is 0.840. The van der Waals surface area contributed by atoms with Gasteiger partial charge in [-0.15, -0.1) is 0 Å². The van der Waals surface area contributed by atoms with Crippen molar-refractivity contribution < 1.29 is 4.39 Å². The van der Waals surface area contributed by atoms with Gasteiger partial charge in [0.05, 0.1) is 11.1 Å². The number of hydrogen-bond donors (Lipinski definition) is 1. The molecule has 0 aromatic heterocycles. The second-order valence-corrected chi connectivity index (χ2v) is 5.68. The van der Waals surface area contributed by atoms with Gasteiger partial charge in [0.15, 0.2) is 0 Å². The van der Waals surface area contributed by atoms with E-state index in [1.165, 1.54) is 6.07 Å². The molecule has 4 heteroatoms. The van der Waals surface area contributed by atoms with Gasteiger partial charge in [-0.1, -0.05) is 35.4 Å². The van der Waals surface area contributed by atoms with Gasteiger partial charge in [-0.05, 0) is 53.7 Å². The molecule has 100 valence electrons. The molecule has 0 aliphatic rings. The van der Waals surface area contributed by atoms with E-state index in [1.807, 2.05) is 38.2 Å². The number of benzene rings is 2. The van der Waals surface area contributed by atoms with Gasteiger partial charge in [0.2, 0.25) is 0 Å². The Kier molecular flexibility index (Phi) is 4.61. The third kappa shape index (κ3) is 3.16. The van der Waals surface area contributed by atoms with Crippen LogP contribution in [0.3, 0.4) is 0 Å². The maximum Gasteiger partial charge on any atom is 0.128 e. The number of hydrogen-bond acceptors (Lipinski definition) is 1. The highest BCUT2D eigenvalue weighted by Gasteiger charge is 2.17. The Bertz CT molecular complexity index is 601. The first-order valence-electron chi connectivity index (χ1n) is 5.91. The van der Waals surface area contributed by atoms with Gasteiger partial charge >= 0.3 is 0 Å². The molecule has 0 heterocycles. The average Bonchev–Trinajstić information content (AvgIpc) is 2.38. The predicted molar refractivity (Wildman–Crippen MR) is 81.2 cm³/mol. The van der Waals surface area contributed by atoms with Gasteiger partial charge < -0.3 is 5.32 Å². The van der Waals surface area contributed by atoms with Crippen molar-refractivity contribution in [3.63, 3.8) is 0 Å². The summed E-state index contributed by atoms with van der Waals surface area (Å²) >= 11 is 9.46. The van der Waals surface area contributed by atoms with Crippen LogP contribution in [-0.2, 0) is 0 Å². The molecule has 0 saturated carbocycles.